The number of phenolic OH excluding ortho intramolecular Hbond substituents is 1. The van der Waals surface area contributed by atoms with Gasteiger partial charge < -0.3 is 9.84 Å². The van der Waals surface area contributed by atoms with Gasteiger partial charge >= 0.3 is 6.11 Å². The Bertz CT molecular complexity index is 693. The molecule has 1 N–H and O–H groups in total. The molecule has 0 aromatic heterocycles. The first kappa shape index (κ1) is 17.0. The number of fused-ring (bicyclic) bond motifs is 3. The zero-order chi connectivity index (χ0) is 17.6. The maximum absolute atomic E-state index is 14.5. The number of phenols is 1. The lowest BCUT2D eigenvalue weighted by Gasteiger charge is -2.41. The molecule has 24 heavy (non-hydrogen) atoms. The molecule has 4 atom stereocenters. The summed E-state index contributed by atoms with van der Waals surface area (Å²) in [6.45, 7) is 9.73. The molecule has 0 fully saturated rings. The van der Waals surface area contributed by atoms with E-state index in [1.165, 1.54) is 0 Å². The molecule has 2 aliphatic rings. The van der Waals surface area contributed by atoms with Crippen LogP contribution in [0.15, 0.2) is 36.4 Å². The first-order valence-electron chi connectivity index (χ1n) is 8.46. The van der Waals surface area contributed by atoms with Gasteiger partial charge in [0.2, 0.25) is 0 Å². The molecule has 0 spiro atoms. The van der Waals surface area contributed by atoms with Crippen molar-refractivity contribution in [3.05, 3.63) is 47.6 Å². The number of hydrogen-bond donors (Lipinski definition) is 1. The summed E-state index contributed by atoms with van der Waals surface area (Å²) in [5, 5.41) is 10.6. The minimum Gasteiger partial charge on any atom is -0.508 e. The lowest BCUT2D eigenvalue weighted by Crippen LogP contribution is -2.43. The van der Waals surface area contributed by atoms with Gasteiger partial charge in [0.1, 0.15) is 11.5 Å². The Morgan fingerprint density at radius 2 is 2.08 bits per heavy atom. The van der Waals surface area contributed by atoms with Gasteiger partial charge in [0.05, 0.1) is 5.92 Å². The number of hydrogen-bond acceptors (Lipinski definition) is 2. The Morgan fingerprint density at radius 1 is 1.38 bits per heavy atom. The Morgan fingerprint density at radius 3 is 2.75 bits per heavy atom. The van der Waals surface area contributed by atoms with Crippen molar-refractivity contribution < 1.29 is 18.6 Å². The van der Waals surface area contributed by atoms with Crippen LogP contribution in [0.1, 0.15) is 56.6 Å². The van der Waals surface area contributed by atoms with E-state index in [9.17, 15) is 13.9 Å². The molecule has 4 heteroatoms. The molecule has 1 aliphatic carbocycles. The second kappa shape index (κ2) is 5.91. The quantitative estimate of drug-likeness (QED) is 0.714. The molecule has 4 unspecified atom stereocenters. The summed E-state index contributed by atoms with van der Waals surface area (Å²) in [6.07, 6.45) is 1.26. The lowest BCUT2D eigenvalue weighted by atomic mass is 9.73. The summed E-state index contributed by atoms with van der Waals surface area (Å²) in [7, 11) is 0. The van der Waals surface area contributed by atoms with E-state index in [0.717, 1.165) is 11.1 Å². The fourth-order valence-electron chi connectivity index (χ4n) is 3.82. The monoisotopic (exact) mass is 334 g/mol. The second-order valence-corrected chi connectivity index (χ2v) is 7.20. The molecule has 0 saturated carbocycles. The van der Waals surface area contributed by atoms with Crippen LogP contribution in [0.5, 0.6) is 11.5 Å². The molecular formula is C20H24F2O2. The van der Waals surface area contributed by atoms with Gasteiger partial charge in [-0.2, -0.15) is 8.78 Å². The van der Waals surface area contributed by atoms with Crippen LogP contribution in [-0.2, 0) is 0 Å². The van der Waals surface area contributed by atoms with Gasteiger partial charge in [-0.15, -0.1) is 6.58 Å². The van der Waals surface area contributed by atoms with E-state index < -0.39 is 17.9 Å². The predicted octanol–water partition coefficient (Wildman–Crippen LogP) is 5.74. The van der Waals surface area contributed by atoms with Crippen LogP contribution < -0.4 is 4.74 Å². The third kappa shape index (κ3) is 2.72. The molecule has 1 aromatic rings. The van der Waals surface area contributed by atoms with Crippen molar-refractivity contribution in [2.24, 2.45) is 11.8 Å². The van der Waals surface area contributed by atoms with E-state index >= 15 is 0 Å². The van der Waals surface area contributed by atoms with Gasteiger partial charge in [-0.25, -0.2) is 0 Å². The zero-order valence-corrected chi connectivity index (χ0v) is 14.4. The molecule has 1 aromatic carbocycles. The molecule has 3 rings (SSSR count). The van der Waals surface area contributed by atoms with Crippen LogP contribution in [0.3, 0.4) is 0 Å². The topological polar surface area (TPSA) is 29.5 Å². The van der Waals surface area contributed by atoms with Crippen LogP contribution in [-0.4, -0.2) is 11.2 Å². The summed E-state index contributed by atoms with van der Waals surface area (Å²) < 4.78 is 34.0. The van der Waals surface area contributed by atoms with Crippen molar-refractivity contribution >= 4 is 0 Å². The van der Waals surface area contributed by atoms with Gasteiger partial charge in [-0.3, -0.25) is 0 Å². The second-order valence-electron chi connectivity index (χ2n) is 7.20. The normalized spacial score (nSPS) is 27.1. The van der Waals surface area contributed by atoms with Crippen molar-refractivity contribution in [1.29, 1.82) is 0 Å². The molecule has 0 bridgehead atoms. The molecule has 0 amide bonds. The van der Waals surface area contributed by atoms with Crippen LogP contribution in [0.4, 0.5) is 8.78 Å². The first-order chi connectivity index (χ1) is 11.2. The number of alkyl halides is 2. The van der Waals surface area contributed by atoms with E-state index in [0.29, 0.717) is 12.0 Å². The zero-order valence-electron chi connectivity index (χ0n) is 14.4. The Kier molecular flexibility index (Phi) is 4.18. The van der Waals surface area contributed by atoms with E-state index in [-0.39, 0.29) is 29.8 Å². The van der Waals surface area contributed by atoms with Crippen LogP contribution in [0, 0.1) is 11.8 Å². The number of aromatic hydroxyl groups is 1. The Balaban J connectivity index is 2.08. The first-order valence-corrected chi connectivity index (χ1v) is 8.46. The van der Waals surface area contributed by atoms with Crippen molar-refractivity contribution in [3.63, 3.8) is 0 Å². The number of rotatable bonds is 3. The van der Waals surface area contributed by atoms with Crippen LogP contribution in [0.25, 0.3) is 0 Å². The highest BCUT2D eigenvalue weighted by Gasteiger charge is 2.53. The summed E-state index contributed by atoms with van der Waals surface area (Å²) in [6, 6.07) is 3.36. The van der Waals surface area contributed by atoms with Crippen LogP contribution in [0.2, 0.25) is 0 Å². The third-order valence-electron chi connectivity index (χ3n) is 5.63. The largest absolute Gasteiger partial charge is 0.508 e. The van der Waals surface area contributed by atoms with Crippen molar-refractivity contribution in [3.8, 4) is 11.5 Å². The fraction of sp³-hybridized carbons (Fsp3) is 0.500. The highest BCUT2D eigenvalue weighted by Crippen LogP contribution is 2.55. The average molecular weight is 334 g/mol. The Labute approximate surface area is 141 Å². The summed E-state index contributed by atoms with van der Waals surface area (Å²) >= 11 is 0. The SMILES string of the molecule is C=CC(C)C(C)c1cc(O)c2c(c1)OC(F)(F)C1CC=C(C)CC21. The minimum absolute atomic E-state index is 0.0571. The smallest absolute Gasteiger partial charge is 0.401 e. The van der Waals surface area contributed by atoms with Crippen LogP contribution >= 0.6 is 0 Å². The minimum atomic E-state index is -3.22. The molecule has 2 nitrogen and oxygen atoms in total. The lowest BCUT2D eigenvalue weighted by molar-refractivity contribution is -0.230. The van der Waals surface area contributed by atoms with Gasteiger partial charge in [-0.05, 0) is 49.3 Å². The van der Waals surface area contributed by atoms with Gasteiger partial charge in [0.25, 0.3) is 0 Å². The highest BCUT2D eigenvalue weighted by atomic mass is 19.3. The van der Waals surface area contributed by atoms with Gasteiger partial charge in [0.15, 0.2) is 0 Å². The summed E-state index contributed by atoms with van der Waals surface area (Å²) in [5.74, 6) is -0.925. The molecular weight excluding hydrogens is 310 g/mol. The fourth-order valence-corrected chi connectivity index (χ4v) is 3.82. The number of ether oxygens (including phenoxy) is 1. The predicted molar refractivity (Wildman–Crippen MR) is 90.7 cm³/mol. The maximum atomic E-state index is 14.5. The van der Waals surface area contributed by atoms with Crippen molar-refractivity contribution in [1.82, 2.24) is 0 Å². The summed E-state index contributed by atoms with van der Waals surface area (Å²) in [5.41, 5.74) is 2.40. The van der Waals surface area contributed by atoms with Gasteiger partial charge in [0, 0.05) is 11.5 Å². The molecule has 0 saturated heterocycles. The van der Waals surface area contributed by atoms with Gasteiger partial charge in [-0.1, -0.05) is 31.6 Å². The third-order valence-corrected chi connectivity index (χ3v) is 5.63. The van der Waals surface area contributed by atoms with E-state index in [4.69, 9.17) is 4.74 Å². The van der Waals surface area contributed by atoms with Crippen molar-refractivity contribution in [2.75, 3.05) is 0 Å². The number of benzene rings is 1. The average Bonchev–Trinajstić information content (AvgIpc) is 2.51. The van der Waals surface area contributed by atoms with E-state index in [1.54, 1.807) is 12.1 Å². The highest BCUT2D eigenvalue weighted by molar-refractivity contribution is 5.53. The maximum Gasteiger partial charge on any atom is 0.401 e. The van der Waals surface area contributed by atoms with Crippen molar-refractivity contribution in [2.45, 2.75) is 51.6 Å². The number of allylic oxidation sites excluding steroid dienone is 3. The molecule has 0 radical (unpaired) electrons. The Hall–Kier alpha value is -1.84. The van der Waals surface area contributed by atoms with E-state index in [1.807, 2.05) is 32.9 Å². The molecule has 1 aliphatic heterocycles. The van der Waals surface area contributed by atoms with E-state index in [2.05, 4.69) is 6.58 Å². The number of halogens is 2. The summed E-state index contributed by atoms with van der Waals surface area (Å²) in [4.78, 5) is 0. The molecule has 1 heterocycles. The standard InChI is InChI=1S/C20H24F2O2/c1-5-12(3)13(4)14-9-17(23)19-15-8-11(2)6-7-16(15)20(21,22)24-18(19)10-14/h5-6,9-10,12-13,15-16,23H,1,7-8H2,2-4H3. The molecule has 130 valence electrons.